The molecule has 0 atom stereocenters. The van der Waals surface area contributed by atoms with Gasteiger partial charge in [0.15, 0.2) is 5.69 Å². The van der Waals surface area contributed by atoms with Crippen LogP contribution < -0.4 is 5.32 Å². The van der Waals surface area contributed by atoms with Crippen LogP contribution in [0.2, 0.25) is 0 Å². The van der Waals surface area contributed by atoms with Gasteiger partial charge in [0.05, 0.1) is 29.6 Å². The zero-order chi connectivity index (χ0) is 20.3. The minimum absolute atomic E-state index is 0.0228. The molecular formula is C18H15N5O5. The molecule has 28 heavy (non-hydrogen) atoms. The van der Waals surface area contributed by atoms with Crippen molar-refractivity contribution in [2.45, 2.75) is 6.92 Å². The van der Waals surface area contributed by atoms with E-state index in [4.69, 9.17) is 0 Å². The molecule has 2 aromatic carbocycles. The van der Waals surface area contributed by atoms with Crippen LogP contribution in [0.1, 0.15) is 26.4 Å². The number of amides is 1. The average Bonchev–Trinajstić information content (AvgIpc) is 3.17. The molecule has 10 nitrogen and oxygen atoms in total. The number of methoxy groups -OCH3 is 1. The molecule has 0 fully saturated rings. The number of anilines is 1. The van der Waals surface area contributed by atoms with Crippen molar-refractivity contribution in [3.63, 3.8) is 0 Å². The van der Waals surface area contributed by atoms with Crippen LogP contribution >= 0.6 is 0 Å². The van der Waals surface area contributed by atoms with Crippen molar-refractivity contribution in [1.29, 1.82) is 0 Å². The number of nitro groups is 1. The van der Waals surface area contributed by atoms with Crippen LogP contribution in [0.4, 0.5) is 11.4 Å². The Labute approximate surface area is 158 Å². The minimum atomic E-state index is -0.630. The molecule has 142 valence electrons. The molecule has 0 aliphatic rings. The highest BCUT2D eigenvalue weighted by Gasteiger charge is 2.17. The van der Waals surface area contributed by atoms with Crippen molar-refractivity contribution in [2.75, 3.05) is 12.4 Å². The lowest BCUT2D eigenvalue weighted by Crippen LogP contribution is -2.14. The number of rotatable bonds is 5. The van der Waals surface area contributed by atoms with Gasteiger partial charge >= 0.3 is 5.97 Å². The summed E-state index contributed by atoms with van der Waals surface area (Å²) in [5.41, 5.74) is 1.52. The maximum atomic E-state index is 12.6. The van der Waals surface area contributed by atoms with Crippen molar-refractivity contribution in [1.82, 2.24) is 15.0 Å². The van der Waals surface area contributed by atoms with Crippen molar-refractivity contribution in [2.24, 2.45) is 0 Å². The van der Waals surface area contributed by atoms with Gasteiger partial charge in [0, 0.05) is 17.2 Å². The third-order valence-corrected chi connectivity index (χ3v) is 3.94. The van der Waals surface area contributed by atoms with Crippen molar-refractivity contribution in [3.8, 4) is 5.69 Å². The molecule has 1 amide bonds. The van der Waals surface area contributed by atoms with Gasteiger partial charge in [-0.25, -0.2) is 9.48 Å². The fraction of sp³-hybridized carbons (Fsp3) is 0.111. The van der Waals surface area contributed by atoms with E-state index in [9.17, 15) is 19.7 Å². The molecule has 1 heterocycles. The van der Waals surface area contributed by atoms with Crippen LogP contribution in [-0.4, -0.2) is 38.9 Å². The van der Waals surface area contributed by atoms with E-state index in [0.29, 0.717) is 16.9 Å². The number of hydrogen-bond donors (Lipinski definition) is 1. The largest absolute Gasteiger partial charge is 0.464 e. The van der Waals surface area contributed by atoms with Gasteiger partial charge < -0.3 is 10.1 Å². The molecule has 0 aliphatic heterocycles. The van der Waals surface area contributed by atoms with Crippen LogP contribution in [0.15, 0.2) is 48.7 Å². The third-order valence-electron chi connectivity index (χ3n) is 3.94. The number of aromatic nitrogens is 3. The third kappa shape index (κ3) is 3.70. The lowest BCUT2D eigenvalue weighted by atomic mass is 10.1. The minimum Gasteiger partial charge on any atom is -0.464 e. The Balaban J connectivity index is 1.88. The molecule has 0 spiro atoms. The number of nitro benzene ring substituents is 1. The van der Waals surface area contributed by atoms with Gasteiger partial charge in [-0.15, -0.1) is 5.10 Å². The fourth-order valence-corrected chi connectivity index (χ4v) is 2.55. The number of nitrogens with zero attached hydrogens (tertiary/aromatic N) is 4. The number of benzene rings is 2. The van der Waals surface area contributed by atoms with Crippen LogP contribution in [0.3, 0.4) is 0 Å². The summed E-state index contributed by atoms with van der Waals surface area (Å²) in [6.45, 7) is 1.56. The van der Waals surface area contributed by atoms with Crippen LogP contribution in [0.25, 0.3) is 5.69 Å². The normalized spacial score (nSPS) is 10.4. The van der Waals surface area contributed by atoms with E-state index >= 15 is 0 Å². The Kier molecular flexibility index (Phi) is 5.12. The first-order valence-corrected chi connectivity index (χ1v) is 8.07. The van der Waals surface area contributed by atoms with E-state index < -0.39 is 16.8 Å². The zero-order valence-electron chi connectivity index (χ0n) is 14.9. The second kappa shape index (κ2) is 7.66. The lowest BCUT2D eigenvalue weighted by molar-refractivity contribution is -0.385. The number of esters is 1. The first kappa shape index (κ1) is 18.7. The number of para-hydroxylation sites is 2. The maximum Gasteiger partial charge on any atom is 0.360 e. The molecule has 0 unspecified atom stereocenters. The Morgan fingerprint density at radius 2 is 1.96 bits per heavy atom. The first-order valence-electron chi connectivity index (χ1n) is 8.07. The molecule has 0 saturated heterocycles. The number of nitrogens with one attached hydrogen (secondary N) is 1. The van der Waals surface area contributed by atoms with E-state index in [2.05, 4.69) is 20.4 Å². The summed E-state index contributed by atoms with van der Waals surface area (Å²) < 4.78 is 5.94. The van der Waals surface area contributed by atoms with Crippen molar-refractivity contribution < 1.29 is 19.2 Å². The Morgan fingerprint density at radius 1 is 1.21 bits per heavy atom. The van der Waals surface area contributed by atoms with Crippen LogP contribution in [-0.2, 0) is 4.74 Å². The molecule has 10 heteroatoms. The van der Waals surface area contributed by atoms with E-state index in [1.165, 1.54) is 36.2 Å². The highest BCUT2D eigenvalue weighted by Crippen LogP contribution is 2.22. The number of aryl methyl sites for hydroxylation is 1. The zero-order valence-corrected chi connectivity index (χ0v) is 14.9. The van der Waals surface area contributed by atoms with Gasteiger partial charge in [-0.2, -0.15) is 0 Å². The first-order chi connectivity index (χ1) is 13.4. The molecule has 3 aromatic rings. The fourth-order valence-electron chi connectivity index (χ4n) is 2.55. The number of hydrogen-bond acceptors (Lipinski definition) is 7. The lowest BCUT2D eigenvalue weighted by Gasteiger charge is -2.11. The molecule has 1 N–H and O–H groups in total. The topological polar surface area (TPSA) is 129 Å². The highest BCUT2D eigenvalue weighted by molar-refractivity contribution is 6.05. The second-order valence-corrected chi connectivity index (χ2v) is 5.77. The Hall–Kier alpha value is -4.08. The summed E-state index contributed by atoms with van der Waals surface area (Å²) in [4.78, 5) is 34.6. The Morgan fingerprint density at radius 3 is 2.64 bits per heavy atom. The predicted octanol–water partition coefficient (Wildman–Crippen LogP) is 2.52. The van der Waals surface area contributed by atoms with Gasteiger partial charge in [0.2, 0.25) is 0 Å². The van der Waals surface area contributed by atoms with Crippen LogP contribution in [0, 0.1) is 17.0 Å². The van der Waals surface area contributed by atoms with Crippen LogP contribution in [0.5, 0.6) is 0 Å². The summed E-state index contributed by atoms with van der Waals surface area (Å²) in [7, 11) is 1.24. The SMILES string of the molecule is COC(=O)c1cn(-c2ccccc2NC(=O)c2ccc([N+](=O)[O-])c(C)c2)nn1. The smallest absolute Gasteiger partial charge is 0.360 e. The van der Waals surface area contributed by atoms with E-state index in [-0.39, 0.29) is 16.9 Å². The molecule has 0 radical (unpaired) electrons. The van der Waals surface area contributed by atoms with Crippen molar-refractivity contribution >= 4 is 23.3 Å². The molecule has 3 rings (SSSR count). The molecular weight excluding hydrogens is 366 g/mol. The summed E-state index contributed by atoms with van der Waals surface area (Å²) in [5.74, 6) is -1.08. The summed E-state index contributed by atoms with van der Waals surface area (Å²) in [6, 6.07) is 10.9. The predicted molar refractivity (Wildman–Crippen MR) is 98.5 cm³/mol. The average molecular weight is 381 g/mol. The summed E-state index contributed by atoms with van der Waals surface area (Å²) in [5, 5.41) is 21.3. The number of carbonyl (C=O) groups is 2. The van der Waals surface area contributed by atoms with Gasteiger partial charge in [-0.05, 0) is 31.2 Å². The molecule has 0 aliphatic carbocycles. The van der Waals surface area contributed by atoms with Gasteiger partial charge in [0.25, 0.3) is 11.6 Å². The molecule has 1 aromatic heterocycles. The van der Waals surface area contributed by atoms with E-state index in [1.807, 2.05) is 0 Å². The second-order valence-electron chi connectivity index (χ2n) is 5.77. The van der Waals surface area contributed by atoms with E-state index in [0.717, 1.165) is 0 Å². The monoisotopic (exact) mass is 381 g/mol. The standard InChI is InChI=1S/C18H15N5O5/c1-11-9-12(7-8-15(11)23(26)27)17(24)19-13-5-3-4-6-16(13)22-10-14(20-21-22)18(25)28-2/h3-10H,1-2H3,(H,19,24). The molecule has 0 bridgehead atoms. The highest BCUT2D eigenvalue weighted by atomic mass is 16.6. The van der Waals surface area contributed by atoms with Gasteiger partial charge in [-0.1, -0.05) is 17.3 Å². The summed E-state index contributed by atoms with van der Waals surface area (Å²) in [6.07, 6.45) is 1.38. The summed E-state index contributed by atoms with van der Waals surface area (Å²) >= 11 is 0. The number of ether oxygens (including phenoxy) is 1. The Bertz CT molecular complexity index is 1080. The maximum absolute atomic E-state index is 12.6. The van der Waals surface area contributed by atoms with E-state index in [1.54, 1.807) is 31.2 Å². The molecule has 0 saturated carbocycles. The number of carbonyl (C=O) groups excluding carboxylic acids is 2. The quantitative estimate of drug-likeness (QED) is 0.408. The van der Waals surface area contributed by atoms with Gasteiger partial charge in [-0.3, -0.25) is 14.9 Å². The van der Waals surface area contributed by atoms with Crippen molar-refractivity contribution in [3.05, 3.63) is 75.6 Å². The van der Waals surface area contributed by atoms with Gasteiger partial charge in [0.1, 0.15) is 0 Å².